The molecule has 0 spiro atoms. The van der Waals surface area contributed by atoms with Crippen LogP contribution in [-0.2, 0) is 25.9 Å². The molecule has 3 nitrogen and oxygen atoms in total. The van der Waals surface area contributed by atoms with Gasteiger partial charge >= 0.3 is 0 Å². The number of benzene rings is 2. The van der Waals surface area contributed by atoms with Crippen LogP contribution in [0.2, 0.25) is 0 Å². The van der Waals surface area contributed by atoms with E-state index >= 15 is 0 Å². The lowest BCUT2D eigenvalue weighted by atomic mass is 10.1. The first-order valence-electron chi connectivity index (χ1n) is 9.98. The van der Waals surface area contributed by atoms with Gasteiger partial charge in [0.25, 0.3) is 5.91 Å². The molecule has 2 aliphatic rings. The zero-order valence-corrected chi connectivity index (χ0v) is 15.5. The number of fused-ring (bicyclic) bond motifs is 1. The summed E-state index contributed by atoms with van der Waals surface area (Å²) in [7, 11) is 0. The van der Waals surface area contributed by atoms with Crippen molar-refractivity contribution in [1.82, 2.24) is 10.2 Å². The number of aryl methyl sites for hydroxylation is 2. The summed E-state index contributed by atoms with van der Waals surface area (Å²) in [6.45, 7) is 4.07. The third-order valence-electron chi connectivity index (χ3n) is 5.69. The third-order valence-corrected chi connectivity index (χ3v) is 5.69. The Balaban J connectivity index is 1.30. The molecule has 26 heavy (non-hydrogen) atoms. The summed E-state index contributed by atoms with van der Waals surface area (Å²) in [5, 5.41) is 3.06. The number of carbonyl (C=O) groups is 1. The smallest absolute Gasteiger partial charge is 0.251 e. The Morgan fingerprint density at radius 2 is 1.58 bits per heavy atom. The minimum absolute atomic E-state index is 0.0251. The summed E-state index contributed by atoms with van der Waals surface area (Å²) in [6.07, 6.45) is 7.50. The van der Waals surface area contributed by atoms with Gasteiger partial charge in [-0.3, -0.25) is 9.69 Å². The van der Waals surface area contributed by atoms with Gasteiger partial charge < -0.3 is 5.32 Å². The normalized spacial score (nSPS) is 17.1. The lowest BCUT2D eigenvalue weighted by Gasteiger charge is -2.26. The van der Waals surface area contributed by atoms with Crippen LogP contribution in [0.5, 0.6) is 0 Å². The van der Waals surface area contributed by atoms with Crippen molar-refractivity contribution in [2.45, 2.75) is 51.6 Å². The first-order chi connectivity index (χ1) is 12.8. The van der Waals surface area contributed by atoms with E-state index in [9.17, 15) is 4.79 Å². The minimum Gasteiger partial charge on any atom is -0.348 e. The summed E-state index contributed by atoms with van der Waals surface area (Å²) in [4.78, 5) is 15.0. The number of nitrogens with zero attached hydrogens (tertiary/aromatic N) is 1. The van der Waals surface area contributed by atoms with E-state index in [-0.39, 0.29) is 5.91 Å². The van der Waals surface area contributed by atoms with Crippen LogP contribution in [0.1, 0.15) is 58.3 Å². The van der Waals surface area contributed by atoms with Crippen LogP contribution < -0.4 is 5.32 Å². The van der Waals surface area contributed by atoms with Crippen LogP contribution >= 0.6 is 0 Å². The second-order valence-electron chi connectivity index (χ2n) is 7.67. The maximum Gasteiger partial charge on any atom is 0.251 e. The Bertz CT molecular complexity index is 760. The number of piperidine rings is 1. The molecule has 0 unspecified atom stereocenters. The quantitative estimate of drug-likeness (QED) is 0.883. The lowest BCUT2D eigenvalue weighted by molar-refractivity contribution is 0.0951. The molecule has 3 heteroatoms. The van der Waals surface area contributed by atoms with Crippen LogP contribution in [-0.4, -0.2) is 23.9 Å². The first kappa shape index (κ1) is 17.3. The molecular weight excluding hydrogens is 320 g/mol. The molecule has 2 aromatic carbocycles. The minimum atomic E-state index is 0.0251. The first-order valence-corrected chi connectivity index (χ1v) is 9.98. The van der Waals surface area contributed by atoms with E-state index in [1.807, 2.05) is 6.07 Å². The summed E-state index contributed by atoms with van der Waals surface area (Å²) in [5.74, 6) is 0.0251. The number of hydrogen-bond donors (Lipinski definition) is 1. The van der Waals surface area contributed by atoms with Crippen molar-refractivity contribution in [2.75, 3.05) is 13.1 Å². The molecule has 1 N–H and O–H groups in total. The molecule has 1 saturated heterocycles. The standard InChI is InChI=1S/C23H28N2O/c26-23(22-12-11-20-5-4-6-21(20)15-22)24-16-18-7-9-19(10-8-18)17-25-13-2-1-3-14-25/h7-12,15H,1-6,13-14,16-17H2,(H,24,26). The van der Waals surface area contributed by atoms with E-state index in [1.165, 1.54) is 55.5 Å². The highest BCUT2D eigenvalue weighted by atomic mass is 16.1. The highest BCUT2D eigenvalue weighted by Crippen LogP contribution is 2.22. The van der Waals surface area contributed by atoms with Crippen molar-refractivity contribution >= 4 is 5.91 Å². The van der Waals surface area contributed by atoms with Gasteiger partial charge in [-0.15, -0.1) is 0 Å². The zero-order chi connectivity index (χ0) is 17.8. The fraction of sp³-hybridized carbons (Fsp3) is 0.435. The van der Waals surface area contributed by atoms with Crippen LogP contribution in [0.25, 0.3) is 0 Å². The Morgan fingerprint density at radius 3 is 2.38 bits per heavy atom. The Hall–Kier alpha value is -2.13. The molecule has 1 heterocycles. The third kappa shape index (κ3) is 4.16. The highest BCUT2D eigenvalue weighted by molar-refractivity contribution is 5.94. The van der Waals surface area contributed by atoms with Gasteiger partial charge in [0.15, 0.2) is 0 Å². The maximum absolute atomic E-state index is 12.4. The second-order valence-corrected chi connectivity index (χ2v) is 7.67. The van der Waals surface area contributed by atoms with E-state index in [0.29, 0.717) is 6.54 Å². The van der Waals surface area contributed by atoms with Gasteiger partial charge in [0.2, 0.25) is 0 Å². The molecule has 0 atom stereocenters. The van der Waals surface area contributed by atoms with Gasteiger partial charge in [-0.1, -0.05) is 36.8 Å². The van der Waals surface area contributed by atoms with Crippen molar-refractivity contribution in [3.05, 3.63) is 70.3 Å². The van der Waals surface area contributed by atoms with Gasteiger partial charge in [0.1, 0.15) is 0 Å². The molecule has 0 aromatic heterocycles. The largest absolute Gasteiger partial charge is 0.348 e. The molecule has 0 bridgehead atoms. The van der Waals surface area contributed by atoms with Crippen LogP contribution in [0.4, 0.5) is 0 Å². The van der Waals surface area contributed by atoms with E-state index in [1.54, 1.807) is 0 Å². The average molecular weight is 348 g/mol. The van der Waals surface area contributed by atoms with Crippen LogP contribution in [0, 0.1) is 0 Å². The predicted molar refractivity (Wildman–Crippen MR) is 105 cm³/mol. The molecule has 136 valence electrons. The van der Waals surface area contributed by atoms with Gasteiger partial charge in [-0.2, -0.15) is 0 Å². The molecule has 1 fully saturated rings. The molecule has 1 aliphatic carbocycles. The van der Waals surface area contributed by atoms with E-state index in [0.717, 1.165) is 30.5 Å². The fourth-order valence-electron chi connectivity index (χ4n) is 4.14. The predicted octanol–water partition coefficient (Wildman–Crippen LogP) is 4.09. The fourth-order valence-corrected chi connectivity index (χ4v) is 4.14. The molecule has 1 aliphatic heterocycles. The molecule has 2 aromatic rings. The topological polar surface area (TPSA) is 32.3 Å². The Kier molecular flexibility index (Phi) is 5.35. The van der Waals surface area contributed by atoms with Crippen LogP contribution in [0.3, 0.4) is 0 Å². The molecule has 0 saturated carbocycles. The summed E-state index contributed by atoms with van der Waals surface area (Å²) in [6, 6.07) is 14.8. The number of rotatable bonds is 5. The zero-order valence-electron chi connectivity index (χ0n) is 15.5. The van der Waals surface area contributed by atoms with Crippen molar-refractivity contribution in [3.63, 3.8) is 0 Å². The Labute approximate surface area is 156 Å². The van der Waals surface area contributed by atoms with Gasteiger partial charge in [0, 0.05) is 18.7 Å². The van der Waals surface area contributed by atoms with E-state index < -0.39 is 0 Å². The average Bonchev–Trinajstić information content (AvgIpc) is 3.16. The summed E-state index contributed by atoms with van der Waals surface area (Å²) < 4.78 is 0. The molecular formula is C23H28N2O. The van der Waals surface area contributed by atoms with Crippen LogP contribution in [0.15, 0.2) is 42.5 Å². The summed E-state index contributed by atoms with van der Waals surface area (Å²) in [5.41, 5.74) is 6.06. The highest BCUT2D eigenvalue weighted by Gasteiger charge is 2.14. The number of likely N-dealkylation sites (tertiary alicyclic amines) is 1. The van der Waals surface area contributed by atoms with Gasteiger partial charge in [0.05, 0.1) is 0 Å². The molecule has 1 amide bonds. The summed E-state index contributed by atoms with van der Waals surface area (Å²) >= 11 is 0. The number of amides is 1. The number of hydrogen-bond acceptors (Lipinski definition) is 2. The van der Waals surface area contributed by atoms with E-state index in [2.05, 4.69) is 46.6 Å². The van der Waals surface area contributed by atoms with Gasteiger partial charge in [-0.25, -0.2) is 0 Å². The van der Waals surface area contributed by atoms with E-state index in [4.69, 9.17) is 0 Å². The number of carbonyl (C=O) groups excluding carboxylic acids is 1. The SMILES string of the molecule is O=C(NCc1ccc(CN2CCCCC2)cc1)c1ccc2c(c1)CCC2. The molecule has 4 rings (SSSR count). The van der Waals surface area contributed by atoms with Gasteiger partial charge in [-0.05, 0) is 79.6 Å². The Morgan fingerprint density at radius 1 is 0.846 bits per heavy atom. The van der Waals surface area contributed by atoms with Crippen molar-refractivity contribution in [2.24, 2.45) is 0 Å². The second kappa shape index (κ2) is 8.05. The van der Waals surface area contributed by atoms with Crippen molar-refractivity contribution in [3.8, 4) is 0 Å². The molecule has 0 radical (unpaired) electrons. The van der Waals surface area contributed by atoms with Crippen molar-refractivity contribution in [1.29, 1.82) is 0 Å². The lowest BCUT2D eigenvalue weighted by Crippen LogP contribution is -2.29. The monoisotopic (exact) mass is 348 g/mol. The number of nitrogens with one attached hydrogen (secondary N) is 1. The van der Waals surface area contributed by atoms with Crippen molar-refractivity contribution < 1.29 is 4.79 Å². The maximum atomic E-state index is 12.4.